The summed E-state index contributed by atoms with van der Waals surface area (Å²) in [7, 11) is -3.20. The number of nitrogen functional groups attached to an aromatic ring is 1. The Bertz CT molecular complexity index is 474. The van der Waals surface area contributed by atoms with Gasteiger partial charge < -0.3 is 5.73 Å². The summed E-state index contributed by atoms with van der Waals surface area (Å²) in [5.74, 6) is 2.08. The number of benzene rings is 1. The Kier molecular flexibility index (Phi) is 5.82. The molecule has 0 bridgehead atoms. The van der Waals surface area contributed by atoms with Crippen LogP contribution in [0, 0.1) is 0 Å². The molecule has 1 aromatic carbocycles. The fraction of sp³-hybridized carbons (Fsp3) is 0.455. The van der Waals surface area contributed by atoms with Crippen LogP contribution in [-0.4, -0.2) is 25.7 Å². The van der Waals surface area contributed by atoms with Crippen LogP contribution in [-0.2, 0) is 9.84 Å². The number of rotatable bonds is 6. The second-order valence-electron chi connectivity index (χ2n) is 3.56. The summed E-state index contributed by atoms with van der Waals surface area (Å²) in [5, 5.41) is 0. The first-order chi connectivity index (χ1) is 7.97. The third kappa shape index (κ3) is 4.52. The van der Waals surface area contributed by atoms with E-state index in [2.05, 4.69) is 22.9 Å². The molecular formula is C11H16BrNO2S2. The average molecular weight is 338 g/mol. The summed E-state index contributed by atoms with van der Waals surface area (Å²) < 4.78 is 24.6. The van der Waals surface area contributed by atoms with E-state index in [1.165, 1.54) is 0 Å². The Morgan fingerprint density at radius 3 is 2.71 bits per heavy atom. The highest BCUT2D eigenvalue weighted by Gasteiger charge is 2.17. The van der Waals surface area contributed by atoms with Crippen LogP contribution in [0.1, 0.15) is 13.3 Å². The average Bonchev–Trinajstić information content (AvgIpc) is 2.24. The Hall–Kier alpha value is -0.200. The number of anilines is 1. The van der Waals surface area contributed by atoms with E-state index < -0.39 is 9.84 Å². The van der Waals surface area contributed by atoms with Gasteiger partial charge in [-0.05, 0) is 52.1 Å². The smallest absolute Gasteiger partial charge is 0.179 e. The fourth-order valence-electron chi connectivity index (χ4n) is 1.37. The molecule has 0 amide bonds. The van der Waals surface area contributed by atoms with Gasteiger partial charge in [-0.25, -0.2) is 8.42 Å². The molecule has 0 aliphatic heterocycles. The Balaban J connectivity index is 2.76. The van der Waals surface area contributed by atoms with Gasteiger partial charge in [-0.1, -0.05) is 6.92 Å². The lowest BCUT2D eigenvalue weighted by atomic mass is 10.3. The largest absolute Gasteiger partial charge is 0.399 e. The van der Waals surface area contributed by atoms with E-state index in [1.807, 2.05) is 0 Å². The van der Waals surface area contributed by atoms with Crippen molar-refractivity contribution in [2.75, 3.05) is 23.0 Å². The van der Waals surface area contributed by atoms with Crippen molar-refractivity contribution in [3.8, 4) is 0 Å². The lowest BCUT2D eigenvalue weighted by molar-refractivity contribution is 0.594. The van der Waals surface area contributed by atoms with Gasteiger partial charge in [0.25, 0.3) is 0 Å². The molecule has 0 aliphatic carbocycles. The molecule has 1 rings (SSSR count). The van der Waals surface area contributed by atoms with Gasteiger partial charge in [-0.2, -0.15) is 11.8 Å². The molecule has 3 nitrogen and oxygen atoms in total. The monoisotopic (exact) mass is 337 g/mol. The molecule has 0 aliphatic rings. The molecule has 2 N–H and O–H groups in total. The minimum atomic E-state index is -3.20. The van der Waals surface area contributed by atoms with Gasteiger partial charge in [0, 0.05) is 10.2 Å². The van der Waals surface area contributed by atoms with Gasteiger partial charge in [0.1, 0.15) is 0 Å². The number of thioether (sulfide) groups is 1. The zero-order chi connectivity index (χ0) is 12.9. The van der Waals surface area contributed by atoms with Gasteiger partial charge in [-0.15, -0.1) is 0 Å². The first-order valence-corrected chi connectivity index (χ1v) is 8.93. The van der Waals surface area contributed by atoms with Crippen molar-refractivity contribution in [2.24, 2.45) is 0 Å². The summed E-state index contributed by atoms with van der Waals surface area (Å²) in [4.78, 5) is 0.327. The van der Waals surface area contributed by atoms with Crippen LogP contribution in [0.15, 0.2) is 27.6 Å². The number of sulfone groups is 1. The van der Waals surface area contributed by atoms with Gasteiger partial charge in [0.15, 0.2) is 9.84 Å². The predicted molar refractivity (Wildman–Crippen MR) is 78.2 cm³/mol. The zero-order valence-electron chi connectivity index (χ0n) is 9.65. The van der Waals surface area contributed by atoms with E-state index in [9.17, 15) is 8.42 Å². The van der Waals surface area contributed by atoms with Crippen molar-refractivity contribution < 1.29 is 8.42 Å². The summed E-state index contributed by atoms with van der Waals surface area (Å²) in [6, 6.07) is 4.79. The maximum atomic E-state index is 12.0. The minimum Gasteiger partial charge on any atom is -0.399 e. The third-order valence-corrected chi connectivity index (χ3v) is 5.95. The SMILES string of the molecule is CCSCCCS(=O)(=O)c1ccc(N)cc1Br. The predicted octanol–water partition coefficient (Wildman–Crippen LogP) is 2.95. The molecule has 0 saturated carbocycles. The van der Waals surface area contributed by atoms with E-state index in [0.29, 0.717) is 21.5 Å². The molecule has 0 fully saturated rings. The molecule has 6 heteroatoms. The second kappa shape index (κ2) is 6.66. The van der Waals surface area contributed by atoms with E-state index >= 15 is 0 Å². The number of nitrogens with two attached hydrogens (primary N) is 1. The second-order valence-corrected chi connectivity index (χ2v) is 7.88. The quantitative estimate of drug-likeness (QED) is 0.640. The fourth-order valence-corrected chi connectivity index (χ4v) is 4.71. The molecule has 1 aromatic rings. The Labute approximate surface area is 115 Å². The first-order valence-electron chi connectivity index (χ1n) is 5.33. The Morgan fingerprint density at radius 1 is 1.41 bits per heavy atom. The van der Waals surface area contributed by atoms with Crippen molar-refractivity contribution >= 4 is 43.2 Å². The highest BCUT2D eigenvalue weighted by Crippen LogP contribution is 2.25. The van der Waals surface area contributed by atoms with Gasteiger partial charge >= 0.3 is 0 Å². The van der Waals surface area contributed by atoms with Gasteiger partial charge in [0.05, 0.1) is 10.6 Å². The molecular weight excluding hydrogens is 322 g/mol. The van der Waals surface area contributed by atoms with Crippen LogP contribution < -0.4 is 5.73 Å². The standard InChI is InChI=1S/C11H16BrNO2S2/c1-2-16-6-3-7-17(14,15)11-5-4-9(13)8-10(11)12/h4-5,8H,2-3,6-7,13H2,1H3. The molecule has 0 unspecified atom stereocenters. The third-order valence-electron chi connectivity index (χ3n) is 2.20. The molecule has 17 heavy (non-hydrogen) atoms. The van der Waals surface area contributed by atoms with Gasteiger partial charge in [0.2, 0.25) is 0 Å². The van der Waals surface area contributed by atoms with Crippen molar-refractivity contribution in [1.82, 2.24) is 0 Å². The molecule has 0 aromatic heterocycles. The lowest BCUT2D eigenvalue weighted by Gasteiger charge is -2.07. The highest BCUT2D eigenvalue weighted by atomic mass is 79.9. The van der Waals surface area contributed by atoms with Crippen LogP contribution >= 0.6 is 27.7 Å². The van der Waals surface area contributed by atoms with E-state index in [0.717, 1.165) is 11.5 Å². The maximum Gasteiger partial charge on any atom is 0.179 e. The highest BCUT2D eigenvalue weighted by molar-refractivity contribution is 9.10. The zero-order valence-corrected chi connectivity index (χ0v) is 12.9. The van der Waals surface area contributed by atoms with E-state index in [4.69, 9.17) is 5.73 Å². The number of halogens is 1. The van der Waals surface area contributed by atoms with Crippen LogP contribution in [0.2, 0.25) is 0 Å². The summed E-state index contributed by atoms with van der Waals surface area (Å²) in [5.41, 5.74) is 6.14. The molecule has 0 radical (unpaired) electrons. The van der Waals surface area contributed by atoms with Crippen molar-refractivity contribution in [3.63, 3.8) is 0 Å². The topological polar surface area (TPSA) is 60.2 Å². The van der Waals surface area contributed by atoms with Crippen molar-refractivity contribution in [2.45, 2.75) is 18.2 Å². The molecule has 0 saturated heterocycles. The molecule has 0 spiro atoms. The first kappa shape index (κ1) is 14.9. The minimum absolute atomic E-state index is 0.183. The van der Waals surface area contributed by atoms with E-state index in [1.54, 1.807) is 30.0 Å². The number of hydrogen-bond acceptors (Lipinski definition) is 4. The number of hydrogen-bond donors (Lipinski definition) is 1. The van der Waals surface area contributed by atoms with Crippen LogP contribution in [0.25, 0.3) is 0 Å². The van der Waals surface area contributed by atoms with Crippen LogP contribution in [0.4, 0.5) is 5.69 Å². The normalized spacial score (nSPS) is 11.6. The van der Waals surface area contributed by atoms with Gasteiger partial charge in [-0.3, -0.25) is 0 Å². The molecule has 96 valence electrons. The lowest BCUT2D eigenvalue weighted by Crippen LogP contribution is -2.08. The van der Waals surface area contributed by atoms with Crippen LogP contribution in [0.3, 0.4) is 0 Å². The Morgan fingerprint density at radius 2 is 2.12 bits per heavy atom. The summed E-state index contributed by atoms with van der Waals surface area (Å²) in [6.07, 6.45) is 0.678. The van der Waals surface area contributed by atoms with Crippen LogP contribution in [0.5, 0.6) is 0 Å². The molecule has 0 atom stereocenters. The maximum absolute atomic E-state index is 12.0. The summed E-state index contributed by atoms with van der Waals surface area (Å²) >= 11 is 5.00. The van der Waals surface area contributed by atoms with E-state index in [-0.39, 0.29) is 5.75 Å². The van der Waals surface area contributed by atoms with Crippen molar-refractivity contribution in [3.05, 3.63) is 22.7 Å². The van der Waals surface area contributed by atoms with Crippen molar-refractivity contribution in [1.29, 1.82) is 0 Å². The molecule has 0 heterocycles. The summed E-state index contributed by atoms with van der Waals surface area (Å²) in [6.45, 7) is 2.07.